The third-order valence-electron chi connectivity index (χ3n) is 2.82. The monoisotopic (exact) mass is 289 g/mol. The molecule has 0 saturated heterocycles. The first-order valence-corrected chi connectivity index (χ1v) is 7.26. The SMILES string of the molecule is Cc1ccccc1S[C@H](C)c1nc(N)nc(N(C)C)n1. The van der Waals surface area contributed by atoms with E-state index in [0.29, 0.717) is 11.8 Å². The average molecular weight is 289 g/mol. The van der Waals surface area contributed by atoms with E-state index in [1.54, 1.807) is 11.8 Å². The van der Waals surface area contributed by atoms with Gasteiger partial charge in [0.25, 0.3) is 0 Å². The first kappa shape index (κ1) is 14.6. The van der Waals surface area contributed by atoms with Crippen molar-refractivity contribution in [1.82, 2.24) is 15.0 Å². The van der Waals surface area contributed by atoms with Crippen LogP contribution >= 0.6 is 11.8 Å². The Bertz CT molecular complexity index is 600. The highest BCUT2D eigenvalue weighted by molar-refractivity contribution is 7.99. The number of nitrogens with zero attached hydrogens (tertiary/aromatic N) is 4. The van der Waals surface area contributed by atoms with Crippen molar-refractivity contribution in [3.63, 3.8) is 0 Å². The first-order valence-electron chi connectivity index (χ1n) is 6.38. The first-order chi connectivity index (χ1) is 9.47. The van der Waals surface area contributed by atoms with Gasteiger partial charge in [-0.15, -0.1) is 11.8 Å². The van der Waals surface area contributed by atoms with Crippen molar-refractivity contribution in [2.45, 2.75) is 24.0 Å². The maximum atomic E-state index is 5.76. The average Bonchev–Trinajstić information content (AvgIpc) is 2.40. The molecule has 0 spiro atoms. The van der Waals surface area contributed by atoms with E-state index in [1.807, 2.05) is 31.1 Å². The summed E-state index contributed by atoms with van der Waals surface area (Å²) in [6, 6.07) is 8.28. The molecule has 1 atom stereocenters. The molecular weight excluding hydrogens is 270 g/mol. The molecule has 0 radical (unpaired) electrons. The van der Waals surface area contributed by atoms with Gasteiger partial charge in [0.1, 0.15) is 5.82 Å². The second-order valence-corrected chi connectivity index (χ2v) is 6.15. The van der Waals surface area contributed by atoms with E-state index in [0.717, 1.165) is 0 Å². The minimum absolute atomic E-state index is 0.111. The van der Waals surface area contributed by atoms with Crippen LogP contribution in [0.1, 0.15) is 23.6 Å². The summed E-state index contributed by atoms with van der Waals surface area (Å²) < 4.78 is 0. The zero-order valence-electron chi connectivity index (χ0n) is 12.2. The van der Waals surface area contributed by atoms with Crippen LogP contribution in [-0.2, 0) is 0 Å². The summed E-state index contributed by atoms with van der Waals surface area (Å²) >= 11 is 1.73. The molecule has 1 aromatic heterocycles. The predicted octanol–water partition coefficient (Wildman–Crippen LogP) is 2.68. The van der Waals surface area contributed by atoms with Crippen molar-refractivity contribution >= 4 is 23.7 Å². The summed E-state index contributed by atoms with van der Waals surface area (Å²) in [5.74, 6) is 1.55. The van der Waals surface area contributed by atoms with Gasteiger partial charge in [-0.05, 0) is 25.5 Å². The van der Waals surface area contributed by atoms with E-state index in [2.05, 4.69) is 40.9 Å². The van der Waals surface area contributed by atoms with Crippen molar-refractivity contribution in [2.24, 2.45) is 0 Å². The fourth-order valence-electron chi connectivity index (χ4n) is 1.71. The summed E-state index contributed by atoms with van der Waals surface area (Å²) in [6.45, 7) is 4.17. The van der Waals surface area contributed by atoms with E-state index >= 15 is 0 Å². The largest absolute Gasteiger partial charge is 0.368 e. The van der Waals surface area contributed by atoms with Crippen molar-refractivity contribution in [2.75, 3.05) is 24.7 Å². The second-order valence-electron chi connectivity index (χ2n) is 4.77. The topological polar surface area (TPSA) is 67.9 Å². The van der Waals surface area contributed by atoms with Gasteiger partial charge in [0.2, 0.25) is 11.9 Å². The van der Waals surface area contributed by atoms with E-state index in [4.69, 9.17) is 5.73 Å². The Morgan fingerprint density at radius 2 is 1.85 bits per heavy atom. The Hall–Kier alpha value is -1.82. The van der Waals surface area contributed by atoms with Crippen LogP contribution in [0.4, 0.5) is 11.9 Å². The number of nitrogen functional groups attached to an aromatic ring is 1. The summed E-state index contributed by atoms with van der Waals surface area (Å²) in [5.41, 5.74) is 7.01. The predicted molar refractivity (Wildman–Crippen MR) is 84.0 cm³/mol. The molecule has 0 amide bonds. The quantitative estimate of drug-likeness (QED) is 0.873. The Balaban J connectivity index is 2.25. The number of hydrogen-bond acceptors (Lipinski definition) is 6. The number of aryl methyl sites for hydroxylation is 1. The van der Waals surface area contributed by atoms with Crippen LogP contribution in [0.5, 0.6) is 0 Å². The fourth-order valence-corrected chi connectivity index (χ4v) is 2.71. The normalized spacial score (nSPS) is 12.2. The van der Waals surface area contributed by atoms with Crippen molar-refractivity contribution in [3.05, 3.63) is 35.7 Å². The summed E-state index contributed by atoms with van der Waals surface area (Å²) in [5, 5.41) is 0.111. The fraction of sp³-hybridized carbons (Fsp3) is 0.357. The van der Waals surface area contributed by atoms with E-state index in [-0.39, 0.29) is 11.2 Å². The molecule has 0 saturated carbocycles. The van der Waals surface area contributed by atoms with Crippen LogP contribution in [0.15, 0.2) is 29.2 Å². The number of benzene rings is 1. The summed E-state index contributed by atoms with van der Waals surface area (Å²) in [6.07, 6.45) is 0. The van der Waals surface area contributed by atoms with Gasteiger partial charge in [-0.3, -0.25) is 0 Å². The molecule has 0 bridgehead atoms. The maximum Gasteiger partial charge on any atom is 0.229 e. The molecule has 0 aliphatic carbocycles. The van der Waals surface area contributed by atoms with Crippen LogP contribution in [0.25, 0.3) is 0 Å². The summed E-state index contributed by atoms with van der Waals surface area (Å²) in [7, 11) is 3.77. The molecule has 2 aromatic rings. The Labute approximate surface area is 123 Å². The number of hydrogen-bond donors (Lipinski definition) is 1. The van der Waals surface area contributed by atoms with Gasteiger partial charge in [-0.2, -0.15) is 15.0 Å². The summed E-state index contributed by atoms with van der Waals surface area (Å²) in [4.78, 5) is 15.9. The van der Waals surface area contributed by atoms with Gasteiger partial charge in [0.05, 0.1) is 5.25 Å². The lowest BCUT2D eigenvalue weighted by Crippen LogP contribution is -2.16. The number of nitrogens with two attached hydrogens (primary N) is 1. The van der Waals surface area contributed by atoms with E-state index in [9.17, 15) is 0 Å². The number of anilines is 2. The molecule has 0 fully saturated rings. The lowest BCUT2D eigenvalue weighted by molar-refractivity contribution is 0.864. The molecule has 20 heavy (non-hydrogen) atoms. The third kappa shape index (κ3) is 3.39. The molecule has 0 aliphatic heterocycles. The van der Waals surface area contributed by atoms with Crippen molar-refractivity contribution in [1.29, 1.82) is 0 Å². The van der Waals surface area contributed by atoms with Crippen LogP contribution in [0.2, 0.25) is 0 Å². The van der Waals surface area contributed by atoms with Crippen LogP contribution in [0, 0.1) is 6.92 Å². The minimum atomic E-state index is 0.111. The van der Waals surface area contributed by atoms with Crippen LogP contribution in [-0.4, -0.2) is 29.0 Å². The second kappa shape index (κ2) is 6.09. The number of thioether (sulfide) groups is 1. The third-order valence-corrected chi connectivity index (χ3v) is 4.10. The van der Waals surface area contributed by atoms with Crippen LogP contribution < -0.4 is 10.6 Å². The number of rotatable bonds is 4. The molecule has 0 aliphatic rings. The van der Waals surface area contributed by atoms with E-state index in [1.165, 1.54) is 10.5 Å². The van der Waals surface area contributed by atoms with Crippen molar-refractivity contribution in [3.8, 4) is 0 Å². The highest BCUT2D eigenvalue weighted by atomic mass is 32.2. The molecule has 2 N–H and O–H groups in total. The number of aromatic nitrogens is 3. The maximum absolute atomic E-state index is 5.76. The molecular formula is C14H19N5S. The van der Waals surface area contributed by atoms with Crippen LogP contribution in [0.3, 0.4) is 0 Å². The molecule has 106 valence electrons. The Morgan fingerprint density at radius 1 is 1.15 bits per heavy atom. The van der Waals surface area contributed by atoms with Gasteiger partial charge >= 0.3 is 0 Å². The van der Waals surface area contributed by atoms with Gasteiger partial charge in [0.15, 0.2) is 0 Å². The highest BCUT2D eigenvalue weighted by Crippen LogP contribution is 2.35. The van der Waals surface area contributed by atoms with Gasteiger partial charge in [0, 0.05) is 19.0 Å². The van der Waals surface area contributed by atoms with Gasteiger partial charge in [-0.25, -0.2) is 0 Å². The Morgan fingerprint density at radius 3 is 2.50 bits per heavy atom. The molecule has 0 unspecified atom stereocenters. The lowest BCUT2D eigenvalue weighted by Gasteiger charge is -2.15. The smallest absolute Gasteiger partial charge is 0.229 e. The zero-order valence-corrected chi connectivity index (χ0v) is 13.0. The highest BCUT2D eigenvalue weighted by Gasteiger charge is 2.15. The lowest BCUT2D eigenvalue weighted by atomic mass is 10.2. The standard InChI is InChI=1S/C14H19N5S/c1-9-7-5-6-8-11(9)20-10(2)12-16-13(15)18-14(17-12)19(3)4/h5-8,10H,1-4H3,(H2,15,16,17,18)/t10-/m1/s1. The molecule has 1 aromatic carbocycles. The zero-order chi connectivity index (χ0) is 14.7. The molecule has 6 heteroatoms. The van der Waals surface area contributed by atoms with E-state index < -0.39 is 0 Å². The minimum Gasteiger partial charge on any atom is -0.368 e. The Kier molecular flexibility index (Phi) is 4.44. The molecule has 2 rings (SSSR count). The molecule has 5 nitrogen and oxygen atoms in total. The van der Waals surface area contributed by atoms with Crippen molar-refractivity contribution < 1.29 is 0 Å². The molecule has 1 heterocycles. The van der Waals surface area contributed by atoms with Gasteiger partial charge in [-0.1, -0.05) is 18.2 Å². The van der Waals surface area contributed by atoms with Gasteiger partial charge < -0.3 is 10.6 Å².